The smallest absolute Gasteiger partial charge is 0.416 e. The molecule has 1 unspecified atom stereocenters. The van der Waals surface area contributed by atoms with Gasteiger partial charge in [0.15, 0.2) is 0 Å². The summed E-state index contributed by atoms with van der Waals surface area (Å²) < 4.78 is 69.7. The van der Waals surface area contributed by atoms with Crippen LogP contribution in [0, 0.1) is 0 Å². The van der Waals surface area contributed by atoms with Gasteiger partial charge in [-0.2, -0.15) is 22.0 Å². The van der Waals surface area contributed by atoms with Gasteiger partial charge in [0.1, 0.15) is 6.10 Å². The molecule has 1 aliphatic carbocycles. The molecule has 0 saturated carbocycles. The molecule has 0 aromatic heterocycles. The number of carbonyl (C=O) groups is 2. The number of rotatable bonds is 1. The van der Waals surface area contributed by atoms with Gasteiger partial charge in [-0.25, -0.2) is 0 Å². The van der Waals surface area contributed by atoms with Gasteiger partial charge in [0.25, 0.3) is 0 Å². The summed E-state index contributed by atoms with van der Waals surface area (Å²) in [6.07, 6.45) is -7.45. The van der Waals surface area contributed by atoms with Gasteiger partial charge in [-0.05, 0) is 12.1 Å². The number of carbonyl (C=O) groups excluding carboxylic acids is 2. The highest BCUT2D eigenvalue weighted by atomic mass is 19.4. The highest BCUT2D eigenvalue weighted by Gasteiger charge is 2.49. The molecule has 0 fully saturated rings. The van der Waals surface area contributed by atoms with Crippen LogP contribution in [0.4, 0.5) is 22.0 Å². The van der Waals surface area contributed by atoms with Gasteiger partial charge in [0.2, 0.25) is 5.78 Å². The molecule has 8 heteroatoms. The SMILES string of the molecule is CC(=O)OC1CC(F)(F)C(=O)c2ccc(C(F)(F)F)cc21. The van der Waals surface area contributed by atoms with Gasteiger partial charge in [0, 0.05) is 18.1 Å². The molecule has 0 saturated heterocycles. The van der Waals surface area contributed by atoms with Crippen molar-refractivity contribution in [1.29, 1.82) is 0 Å². The second kappa shape index (κ2) is 4.78. The van der Waals surface area contributed by atoms with Crippen molar-refractivity contribution in [3.05, 3.63) is 34.9 Å². The second-order valence-corrected chi connectivity index (χ2v) is 4.64. The van der Waals surface area contributed by atoms with Crippen LogP contribution in [0.1, 0.15) is 40.9 Å². The third-order valence-electron chi connectivity index (χ3n) is 3.05. The number of ketones is 1. The number of hydrogen-bond acceptors (Lipinski definition) is 3. The van der Waals surface area contributed by atoms with Crippen molar-refractivity contribution in [3.63, 3.8) is 0 Å². The highest BCUT2D eigenvalue weighted by molar-refractivity contribution is 6.04. The topological polar surface area (TPSA) is 43.4 Å². The number of benzene rings is 1. The quantitative estimate of drug-likeness (QED) is 0.589. The number of esters is 1. The van der Waals surface area contributed by atoms with Crippen molar-refractivity contribution in [2.45, 2.75) is 31.5 Å². The summed E-state index contributed by atoms with van der Waals surface area (Å²) in [6.45, 7) is 0.946. The second-order valence-electron chi connectivity index (χ2n) is 4.64. The molecule has 1 aromatic carbocycles. The van der Waals surface area contributed by atoms with Gasteiger partial charge in [0.05, 0.1) is 12.0 Å². The highest BCUT2D eigenvalue weighted by Crippen LogP contribution is 2.43. The van der Waals surface area contributed by atoms with Crippen LogP contribution in [-0.4, -0.2) is 17.7 Å². The molecule has 0 amide bonds. The van der Waals surface area contributed by atoms with Crippen LogP contribution in [0.25, 0.3) is 0 Å². The van der Waals surface area contributed by atoms with Crippen molar-refractivity contribution >= 4 is 11.8 Å². The van der Waals surface area contributed by atoms with Crippen molar-refractivity contribution in [2.24, 2.45) is 0 Å². The fourth-order valence-electron chi connectivity index (χ4n) is 2.15. The largest absolute Gasteiger partial charge is 0.457 e. The number of fused-ring (bicyclic) bond motifs is 1. The summed E-state index contributed by atoms with van der Waals surface area (Å²) in [4.78, 5) is 22.5. The maximum atomic E-state index is 13.5. The third kappa shape index (κ3) is 2.88. The first kappa shape index (κ1) is 15.4. The molecule has 0 radical (unpaired) electrons. The van der Waals surface area contributed by atoms with E-state index < -0.39 is 47.5 Å². The first-order valence-electron chi connectivity index (χ1n) is 5.83. The fraction of sp³-hybridized carbons (Fsp3) is 0.385. The lowest BCUT2D eigenvalue weighted by atomic mass is 9.84. The van der Waals surface area contributed by atoms with E-state index in [1.807, 2.05) is 0 Å². The fourth-order valence-corrected chi connectivity index (χ4v) is 2.15. The van der Waals surface area contributed by atoms with E-state index in [1.54, 1.807) is 0 Å². The molecule has 0 aliphatic heterocycles. The van der Waals surface area contributed by atoms with Crippen LogP contribution in [0.2, 0.25) is 0 Å². The zero-order chi connectivity index (χ0) is 16.0. The van der Waals surface area contributed by atoms with Crippen LogP contribution in [0.5, 0.6) is 0 Å². The summed E-state index contributed by atoms with van der Waals surface area (Å²) in [6, 6.07) is 1.79. The molecule has 21 heavy (non-hydrogen) atoms. The molecule has 1 aliphatic rings. The van der Waals surface area contributed by atoms with E-state index in [0.717, 1.165) is 6.92 Å². The summed E-state index contributed by atoms with van der Waals surface area (Å²) in [5.41, 5.74) is -2.02. The maximum Gasteiger partial charge on any atom is 0.416 e. The normalized spacial score (nSPS) is 20.9. The molecule has 114 valence electrons. The van der Waals surface area contributed by atoms with E-state index >= 15 is 0 Å². The predicted molar refractivity (Wildman–Crippen MR) is 59.8 cm³/mol. The molecule has 0 N–H and O–H groups in total. The predicted octanol–water partition coefficient (Wildman–Crippen LogP) is 3.53. The van der Waals surface area contributed by atoms with E-state index in [9.17, 15) is 31.5 Å². The van der Waals surface area contributed by atoms with Crippen molar-refractivity contribution in [3.8, 4) is 0 Å². The number of ether oxygens (including phenoxy) is 1. The van der Waals surface area contributed by atoms with Crippen LogP contribution in [0.15, 0.2) is 18.2 Å². The lowest BCUT2D eigenvalue weighted by Gasteiger charge is -2.30. The Kier molecular flexibility index (Phi) is 3.51. The van der Waals surface area contributed by atoms with E-state index in [4.69, 9.17) is 0 Å². The van der Waals surface area contributed by atoms with Crippen molar-refractivity contribution in [1.82, 2.24) is 0 Å². The first-order chi connectivity index (χ1) is 9.52. The molecule has 0 bridgehead atoms. The van der Waals surface area contributed by atoms with E-state index in [1.165, 1.54) is 0 Å². The standard InChI is InChI=1S/C13H9F5O3/c1-6(19)21-10-5-12(14,15)11(20)8-3-2-7(4-9(8)10)13(16,17)18/h2-4,10H,5H2,1H3. The summed E-state index contributed by atoms with van der Waals surface area (Å²) in [7, 11) is 0. The maximum absolute atomic E-state index is 13.5. The minimum atomic E-state index is -4.70. The van der Waals surface area contributed by atoms with E-state index in [2.05, 4.69) is 4.74 Å². The minimum absolute atomic E-state index is 0.351. The number of halogens is 5. The monoisotopic (exact) mass is 308 g/mol. The minimum Gasteiger partial charge on any atom is -0.457 e. The number of hydrogen-bond donors (Lipinski definition) is 0. The number of alkyl halides is 5. The van der Waals surface area contributed by atoms with Crippen LogP contribution in [0.3, 0.4) is 0 Å². The van der Waals surface area contributed by atoms with Crippen LogP contribution >= 0.6 is 0 Å². The molecule has 0 spiro atoms. The molecule has 1 atom stereocenters. The average Bonchev–Trinajstić information content (AvgIpc) is 2.33. The zero-order valence-corrected chi connectivity index (χ0v) is 10.6. The third-order valence-corrected chi connectivity index (χ3v) is 3.05. The lowest BCUT2D eigenvalue weighted by molar-refractivity contribution is -0.150. The van der Waals surface area contributed by atoms with E-state index in [-0.39, 0.29) is 5.56 Å². The van der Waals surface area contributed by atoms with Gasteiger partial charge >= 0.3 is 18.1 Å². The summed E-state index contributed by atoms with van der Waals surface area (Å²) in [5, 5.41) is 0. The molecule has 0 heterocycles. The Labute approximate surface area is 115 Å². The molecular weight excluding hydrogens is 299 g/mol. The molecule has 3 nitrogen and oxygen atoms in total. The van der Waals surface area contributed by atoms with Gasteiger partial charge in [-0.3, -0.25) is 9.59 Å². The zero-order valence-electron chi connectivity index (χ0n) is 10.6. The Bertz CT molecular complexity index is 606. The Morgan fingerprint density at radius 3 is 2.48 bits per heavy atom. The Morgan fingerprint density at radius 1 is 1.33 bits per heavy atom. The lowest BCUT2D eigenvalue weighted by Crippen LogP contribution is -2.37. The number of Topliss-reactive ketones (excluding diaryl/α,β-unsaturated/α-hetero) is 1. The average molecular weight is 308 g/mol. The Balaban J connectivity index is 2.57. The molecule has 2 rings (SSSR count). The van der Waals surface area contributed by atoms with Gasteiger partial charge in [-0.1, -0.05) is 6.07 Å². The summed E-state index contributed by atoms with van der Waals surface area (Å²) in [5.74, 6) is -6.28. The van der Waals surface area contributed by atoms with Crippen LogP contribution < -0.4 is 0 Å². The Hall–Kier alpha value is -1.99. The summed E-state index contributed by atoms with van der Waals surface area (Å²) >= 11 is 0. The van der Waals surface area contributed by atoms with Crippen LogP contribution in [-0.2, 0) is 15.7 Å². The molecule has 1 aromatic rings. The van der Waals surface area contributed by atoms with E-state index in [0.29, 0.717) is 18.2 Å². The van der Waals surface area contributed by atoms with Crippen molar-refractivity contribution in [2.75, 3.05) is 0 Å². The molecular formula is C13H9F5O3. The van der Waals surface area contributed by atoms with Gasteiger partial charge in [-0.15, -0.1) is 0 Å². The van der Waals surface area contributed by atoms with Crippen molar-refractivity contribution < 1.29 is 36.3 Å². The first-order valence-corrected chi connectivity index (χ1v) is 5.83. The Morgan fingerprint density at radius 2 is 1.95 bits per heavy atom. The van der Waals surface area contributed by atoms with Gasteiger partial charge < -0.3 is 4.74 Å².